The van der Waals surface area contributed by atoms with Crippen molar-refractivity contribution in [2.75, 3.05) is 0 Å². The summed E-state index contributed by atoms with van der Waals surface area (Å²) in [4.78, 5) is 20.7. The summed E-state index contributed by atoms with van der Waals surface area (Å²) in [5.74, 6) is 0. The maximum absolute atomic E-state index is 10.4. The molecular weight excluding hydrogens is 156 g/mol. The van der Waals surface area contributed by atoms with Crippen LogP contribution in [-0.4, -0.2) is 12.6 Å². The first-order valence-corrected chi connectivity index (χ1v) is 3.21. The van der Waals surface area contributed by atoms with E-state index in [1.54, 1.807) is 0 Å². The fourth-order valence-electron chi connectivity index (χ4n) is 0.614. The second-order valence-electron chi connectivity index (χ2n) is 1.86. The lowest BCUT2D eigenvalue weighted by atomic mass is 10.1. The van der Waals surface area contributed by atoms with Crippen molar-refractivity contribution in [1.82, 2.24) is 0 Å². The molecule has 4 heteroatoms. The quantitative estimate of drug-likeness (QED) is 0.339. The largest absolute Gasteiger partial charge is 0.405 e. The average molecular weight is 166 g/mol. The number of hydrogen-bond donors (Lipinski definition) is 2. The van der Waals surface area contributed by atoms with Crippen LogP contribution < -0.4 is 11.5 Å². The smallest absolute Gasteiger partial charge is 0.150 e. The number of carbonyl (C=O) groups excluding carboxylic acids is 2. The van der Waals surface area contributed by atoms with Crippen LogP contribution in [0.5, 0.6) is 0 Å². The molecule has 4 N–H and O–H groups in total. The third-order valence-corrected chi connectivity index (χ3v) is 1.14. The summed E-state index contributed by atoms with van der Waals surface area (Å²) >= 11 is 0. The van der Waals surface area contributed by atoms with Gasteiger partial charge in [-0.1, -0.05) is 0 Å². The van der Waals surface area contributed by atoms with Crippen LogP contribution in [-0.2, 0) is 9.59 Å². The van der Waals surface area contributed by atoms with Gasteiger partial charge in [0.05, 0.1) is 0 Å². The summed E-state index contributed by atoms with van der Waals surface area (Å²) in [6.45, 7) is 0. The van der Waals surface area contributed by atoms with Gasteiger partial charge in [0.2, 0.25) is 0 Å². The predicted molar refractivity (Wildman–Crippen MR) is 45.8 cm³/mol. The summed E-state index contributed by atoms with van der Waals surface area (Å²) in [5.41, 5.74) is 10.5. The lowest BCUT2D eigenvalue weighted by Gasteiger charge is -1.92. The molecule has 0 aromatic heterocycles. The number of carbonyl (C=O) groups is 2. The molecule has 0 aromatic rings. The van der Waals surface area contributed by atoms with Crippen molar-refractivity contribution in [3.8, 4) is 0 Å². The first-order valence-electron chi connectivity index (χ1n) is 3.21. The van der Waals surface area contributed by atoms with E-state index in [2.05, 4.69) is 0 Å². The number of aldehydes is 2. The van der Waals surface area contributed by atoms with Crippen molar-refractivity contribution in [2.24, 2.45) is 11.5 Å². The van der Waals surface area contributed by atoms with E-state index in [9.17, 15) is 9.59 Å². The first-order chi connectivity index (χ1) is 5.79. The maximum Gasteiger partial charge on any atom is 0.150 e. The Kier molecular flexibility index (Phi) is 5.00. The van der Waals surface area contributed by atoms with E-state index in [0.29, 0.717) is 12.6 Å². The maximum atomic E-state index is 10.4. The molecule has 0 radical (unpaired) electrons. The molecule has 0 atom stereocenters. The summed E-state index contributed by atoms with van der Waals surface area (Å²) in [7, 11) is 0. The summed E-state index contributed by atoms with van der Waals surface area (Å²) in [6.07, 6.45) is 6.09. The predicted octanol–water partition coefficient (Wildman–Crippen LogP) is -0.374. The summed E-state index contributed by atoms with van der Waals surface area (Å²) in [5, 5.41) is 0. The molecule has 0 saturated heterocycles. The average Bonchev–Trinajstić information content (AvgIpc) is 2.11. The topological polar surface area (TPSA) is 86.2 Å². The number of hydrogen-bond acceptors (Lipinski definition) is 4. The SMILES string of the molecule is N\C=C/C(C=O)=C(C=O)/C=C\N. The van der Waals surface area contributed by atoms with Crippen LogP contribution in [0.25, 0.3) is 0 Å². The molecule has 0 aliphatic heterocycles. The Bertz CT molecular complexity index is 226. The van der Waals surface area contributed by atoms with E-state index in [4.69, 9.17) is 11.5 Å². The fourth-order valence-corrected chi connectivity index (χ4v) is 0.614. The Labute approximate surface area is 70.2 Å². The molecule has 0 fully saturated rings. The highest BCUT2D eigenvalue weighted by Gasteiger charge is 1.97. The molecule has 64 valence electrons. The molecule has 0 heterocycles. The minimum absolute atomic E-state index is 0.203. The molecular formula is C8H10N2O2. The van der Waals surface area contributed by atoms with E-state index in [1.165, 1.54) is 24.6 Å². The van der Waals surface area contributed by atoms with Gasteiger partial charge in [0.1, 0.15) is 0 Å². The van der Waals surface area contributed by atoms with Gasteiger partial charge < -0.3 is 11.5 Å². The van der Waals surface area contributed by atoms with Gasteiger partial charge in [-0.25, -0.2) is 0 Å². The number of nitrogens with two attached hydrogens (primary N) is 2. The third-order valence-electron chi connectivity index (χ3n) is 1.14. The number of allylic oxidation sites excluding steroid dienone is 4. The first kappa shape index (κ1) is 10.2. The standard InChI is InChI=1S/C8H10N2O2/c9-3-1-7(5-11)8(6-12)2-4-10/h1-6H,9-10H2/b3-1-,4-2-,8-7+. The van der Waals surface area contributed by atoms with Gasteiger partial charge in [0, 0.05) is 11.1 Å². The van der Waals surface area contributed by atoms with Crippen LogP contribution in [0, 0.1) is 0 Å². The zero-order valence-corrected chi connectivity index (χ0v) is 6.44. The molecule has 0 spiro atoms. The normalized spacial score (nSPS) is 13.3. The van der Waals surface area contributed by atoms with Crippen molar-refractivity contribution >= 4 is 12.6 Å². The lowest BCUT2D eigenvalue weighted by molar-refractivity contribution is -0.106. The van der Waals surface area contributed by atoms with E-state index < -0.39 is 0 Å². The molecule has 0 unspecified atom stereocenters. The van der Waals surface area contributed by atoms with E-state index in [0.717, 1.165) is 0 Å². The van der Waals surface area contributed by atoms with Crippen LogP contribution in [0.15, 0.2) is 35.7 Å². The molecule has 0 saturated carbocycles. The van der Waals surface area contributed by atoms with Crippen LogP contribution in [0.1, 0.15) is 0 Å². The Hall–Kier alpha value is -1.84. The van der Waals surface area contributed by atoms with Crippen molar-refractivity contribution in [1.29, 1.82) is 0 Å². The van der Waals surface area contributed by atoms with Crippen molar-refractivity contribution in [3.05, 3.63) is 35.7 Å². The van der Waals surface area contributed by atoms with Crippen molar-refractivity contribution in [3.63, 3.8) is 0 Å². The Morgan fingerprint density at radius 1 is 0.833 bits per heavy atom. The summed E-state index contributed by atoms with van der Waals surface area (Å²) in [6, 6.07) is 0. The minimum atomic E-state index is 0.203. The van der Waals surface area contributed by atoms with Crippen molar-refractivity contribution < 1.29 is 9.59 Å². The van der Waals surface area contributed by atoms with Gasteiger partial charge in [0.25, 0.3) is 0 Å². The van der Waals surface area contributed by atoms with Gasteiger partial charge in [-0.05, 0) is 24.6 Å². The zero-order chi connectivity index (χ0) is 9.40. The Morgan fingerprint density at radius 2 is 1.17 bits per heavy atom. The Balaban J connectivity index is 4.98. The highest BCUT2D eigenvalue weighted by molar-refractivity contribution is 5.91. The highest BCUT2D eigenvalue weighted by atomic mass is 16.1. The molecule has 0 aliphatic rings. The molecule has 0 aromatic carbocycles. The van der Waals surface area contributed by atoms with Gasteiger partial charge in [-0.3, -0.25) is 9.59 Å². The molecule has 0 rings (SSSR count). The fraction of sp³-hybridized carbons (Fsp3) is 0. The minimum Gasteiger partial charge on any atom is -0.405 e. The highest BCUT2D eigenvalue weighted by Crippen LogP contribution is 2.01. The van der Waals surface area contributed by atoms with Crippen LogP contribution in [0.3, 0.4) is 0 Å². The third kappa shape index (κ3) is 2.83. The molecule has 0 aliphatic carbocycles. The molecule has 12 heavy (non-hydrogen) atoms. The second kappa shape index (κ2) is 5.91. The van der Waals surface area contributed by atoms with E-state index in [1.807, 2.05) is 0 Å². The molecule has 0 amide bonds. The monoisotopic (exact) mass is 166 g/mol. The van der Waals surface area contributed by atoms with Gasteiger partial charge in [-0.2, -0.15) is 0 Å². The van der Waals surface area contributed by atoms with Gasteiger partial charge >= 0.3 is 0 Å². The zero-order valence-electron chi connectivity index (χ0n) is 6.44. The molecule has 0 bridgehead atoms. The molecule has 4 nitrogen and oxygen atoms in total. The second-order valence-corrected chi connectivity index (χ2v) is 1.86. The van der Waals surface area contributed by atoms with Crippen LogP contribution >= 0.6 is 0 Å². The van der Waals surface area contributed by atoms with E-state index in [-0.39, 0.29) is 11.1 Å². The van der Waals surface area contributed by atoms with Crippen molar-refractivity contribution in [2.45, 2.75) is 0 Å². The number of rotatable bonds is 4. The van der Waals surface area contributed by atoms with Crippen LogP contribution in [0.2, 0.25) is 0 Å². The summed E-state index contributed by atoms with van der Waals surface area (Å²) < 4.78 is 0. The lowest BCUT2D eigenvalue weighted by Crippen LogP contribution is -1.92. The van der Waals surface area contributed by atoms with Crippen LogP contribution in [0.4, 0.5) is 0 Å². The van der Waals surface area contributed by atoms with Gasteiger partial charge in [-0.15, -0.1) is 0 Å². The van der Waals surface area contributed by atoms with Gasteiger partial charge in [0.15, 0.2) is 12.6 Å². The Morgan fingerprint density at radius 3 is 1.33 bits per heavy atom. The van der Waals surface area contributed by atoms with E-state index >= 15 is 0 Å².